The Balaban J connectivity index is 1.74. The lowest BCUT2D eigenvalue weighted by Crippen LogP contribution is -2.27. The van der Waals surface area contributed by atoms with Crippen LogP contribution < -0.4 is 4.74 Å². The van der Waals surface area contributed by atoms with Gasteiger partial charge in [-0.3, -0.25) is 4.79 Å². The van der Waals surface area contributed by atoms with Gasteiger partial charge in [0.1, 0.15) is 0 Å². The summed E-state index contributed by atoms with van der Waals surface area (Å²) in [6, 6.07) is 0. The summed E-state index contributed by atoms with van der Waals surface area (Å²) < 4.78 is 130. The van der Waals surface area contributed by atoms with Crippen LogP contribution in [-0.4, -0.2) is 153 Å². The van der Waals surface area contributed by atoms with Gasteiger partial charge in [0.15, 0.2) is 8.32 Å². The van der Waals surface area contributed by atoms with E-state index >= 15 is 0 Å². The lowest BCUT2D eigenvalue weighted by atomic mass is 10.2. The molecule has 0 aliphatic heterocycles. The Bertz CT molecular complexity index is 1010. The number of hydrogen-bond donors (Lipinski definition) is 0. The van der Waals surface area contributed by atoms with Crippen molar-refractivity contribution in [1.29, 1.82) is 0 Å². The van der Waals surface area contributed by atoms with Crippen LogP contribution in [0.3, 0.4) is 0 Å². The molecular weight excluding hydrogens is 715 g/mol. The molecule has 0 radical (unpaired) electrons. The first-order valence-corrected chi connectivity index (χ1v) is 20.1. The summed E-state index contributed by atoms with van der Waals surface area (Å²) in [6.07, 6.45) is -0.486. The normalized spacial score (nSPS) is 11.8. The highest BCUT2D eigenvalue weighted by molar-refractivity contribution is 6.69. The topological polar surface area (TPSA) is 128 Å². The van der Waals surface area contributed by atoms with Crippen LogP contribution >= 0.6 is 0 Å². The summed E-state index contributed by atoms with van der Waals surface area (Å²) in [4.78, 5) is 11.6. The summed E-state index contributed by atoms with van der Waals surface area (Å²) in [6.45, 7) is 14.6. The lowest BCUT2D eigenvalue weighted by Gasteiger charge is -2.16. The van der Waals surface area contributed by atoms with Gasteiger partial charge >= 0.3 is 5.97 Å². The first-order chi connectivity index (χ1) is 24.5. The molecule has 13 nitrogen and oxygen atoms in total. The number of esters is 1. The maximum absolute atomic E-state index is 13.5. The fraction of sp³-hybridized carbons (Fsp3) is 0.781. The second-order valence-electron chi connectivity index (χ2n) is 11.2. The van der Waals surface area contributed by atoms with Gasteiger partial charge in [-0.05, 0) is 19.6 Å². The maximum Gasteiger partial charge on any atom is 0.313 e. The summed E-state index contributed by atoms with van der Waals surface area (Å²) in [5.41, 5.74) is 0. The number of carbonyl (C=O) groups is 1. The summed E-state index contributed by atoms with van der Waals surface area (Å²) in [5, 5.41) is 0. The Morgan fingerprint density at radius 3 is 0.902 bits per heavy atom. The zero-order chi connectivity index (χ0) is 37.6. The number of halogens is 5. The number of ether oxygens (including phenoxy) is 11. The van der Waals surface area contributed by atoms with Crippen molar-refractivity contribution in [2.24, 2.45) is 0 Å². The van der Waals surface area contributed by atoms with Gasteiger partial charge in [-0.15, -0.1) is 0 Å². The van der Waals surface area contributed by atoms with Crippen LogP contribution in [-0.2, 0) is 56.6 Å². The van der Waals surface area contributed by atoms with Gasteiger partial charge < -0.3 is 56.5 Å². The third-order valence-electron chi connectivity index (χ3n) is 5.95. The zero-order valence-electron chi connectivity index (χ0n) is 29.8. The van der Waals surface area contributed by atoms with E-state index in [1.165, 1.54) is 0 Å². The minimum atomic E-state index is -2.35. The Kier molecular flexibility index (Phi) is 28.3. The molecule has 0 unspecified atom stereocenters. The van der Waals surface area contributed by atoms with Crippen molar-refractivity contribution in [3.05, 3.63) is 29.1 Å². The van der Waals surface area contributed by atoms with Gasteiger partial charge in [0.25, 0.3) is 0 Å². The molecule has 0 saturated heterocycles. The third-order valence-corrected chi connectivity index (χ3v) is 7.02. The van der Waals surface area contributed by atoms with Crippen LogP contribution in [0.4, 0.5) is 22.0 Å². The molecule has 0 fully saturated rings. The monoisotopic (exact) mass is 768 g/mol. The predicted octanol–water partition coefficient (Wildman–Crippen LogP) is 3.70. The van der Waals surface area contributed by atoms with E-state index in [9.17, 15) is 26.7 Å². The second-order valence-corrected chi connectivity index (χ2v) is 15.7. The zero-order valence-corrected chi connectivity index (χ0v) is 30.8. The minimum Gasteiger partial charge on any atom is -0.420 e. The molecule has 19 heteroatoms. The number of carbonyl (C=O) groups excluding carboxylic acids is 1. The molecule has 51 heavy (non-hydrogen) atoms. The first-order valence-electron chi connectivity index (χ1n) is 16.7. The fourth-order valence-corrected chi connectivity index (χ4v) is 4.18. The molecule has 0 aromatic heterocycles. The summed E-state index contributed by atoms with van der Waals surface area (Å²) in [7, 11) is -1.48. The Labute approximate surface area is 297 Å². The molecule has 0 amide bonds. The first kappa shape index (κ1) is 47.1. The third kappa shape index (κ3) is 25.7. The van der Waals surface area contributed by atoms with Crippen LogP contribution in [0.5, 0.6) is 5.75 Å². The predicted molar refractivity (Wildman–Crippen MR) is 174 cm³/mol. The number of rotatable bonds is 35. The SMILES string of the molecule is C[Si](C)(C)OCCOCCOCCOCCOCCOCCOCCOCCOCCOCCOCCC(=O)Oc1c(F)c(F)c(F)c(F)c1F. The van der Waals surface area contributed by atoms with Crippen molar-refractivity contribution >= 4 is 14.3 Å². The number of benzene rings is 1. The van der Waals surface area contributed by atoms with E-state index in [4.69, 9.17) is 51.8 Å². The van der Waals surface area contributed by atoms with Crippen molar-refractivity contribution in [3.8, 4) is 5.75 Å². The molecule has 0 heterocycles. The smallest absolute Gasteiger partial charge is 0.313 e. The number of hydrogen-bond acceptors (Lipinski definition) is 13. The van der Waals surface area contributed by atoms with E-state index in [-0.39, 0.29) is 26.4 Å². The van der Waals surface area contributed by atoms with E-state index in [0.29, 0.717) is 112 Å². The van der Waals surface area contributed by atoms with Crippen molar-refractivity contribution in [1.82, 2.24) is 0 Å². The second kappa shape index (κ2) is 30.6. The fourth-order valence-electron chi connectivity index (χ4n) is 3.48. The lowest BCUT2D eigenvalue weighted by molar-refractivity contribution is -0.136. The van der Waals surface area contributed by atoms with E-state index in [2.05, 4.69) is 24.4 Å². The highest BCUT2D eigenvalue weighted by Crippen LogP contribution is 2.29. The summed E-state index contributed by atoms with van der Waals surface area (Å²) in [5.74, 6) is -14.1. The van der Waals surface area contributed by atoms with Crippen LogP contribution in [0.25, 0.3) is 0 Å². The van der Waals surface area contributed by atoms with Gasteiger partial charge in [0.2, 0.25) is 34.8 Å². The molecule has 0 spiro atoms. The van der Waals surface area contributed by atoms with Crippen LogP contribution in [0.15, 0.2) is 0 Å². The molecule has 0 aliphatic carbocycles. The molecule has 1 rings (SSSR count). The molecule has 1 aromatic carbocycles. The Hall–Kier alpha value is -1.88. The maximum atomic E-state index is 13.5. The molecule has 0 saturated carbocycles. The minimum absolute atomic E-state index is 0.0814. The molecule has 298 valence electrons. The highest BCUT2D eigenvalue weighted by atomic mass is 28.4. The van der Waals surface area contributed by atoms with Gasteiger partial charge in [-0.1, -0.05) is 0 Å². The van der Waals surface area contributed by atoms with Crippen LogP contribution in [0.1, 0.15) is 6.42 Å². The molecule has 0 atom stereocenters. The largest absolute Gasteiger partial charge is 0.420 e. The van der Waals surface area contributed by atoms with Gasteiger partial charge in [-0.25, -0.2) is 13.2 Å². The average molecular weight is 769 g/mol. The van der Waals surface area contributed by atoms with E-state index in [1.54, 1.807) is 0 Å². The van der Waals surface area contributed by atoms with E-state index in [0.717, 1.165) is 0 Å². The molecule has 0 bridgehead atoms. The van der Waals surface area contributed by atoms with E-state index in [1.807, 2.05) is 0 Å². The van der Waals surface area contributed by atoms with Gasteiger partial charge in [0.05, 0.1) is 145 Å². The van der Waals surface area contributed by atoms with Crippen LogP contribution in [0.2, 0.25) is 19.6 Å². The van der Waals surface area contributed by atoms with Crippen molar-refractivity contribution in [2.45, 2.75) is 26.1 Å². The summed E-state index contributed by atoms with van der Waals surface area (Å²) >= 11 is 0. The quantitative estimate of drug-likeness (QED) is 0.0190. The van der Waals surface area contributed by atoms with Crippen molar-refractivity contribution in [3.63, 3.8) is 0 Å². The van der Waals surface area contributed by atoms with Gasteiger partial charge in [0, 0.05) is 0 Å². The average Bonchev–Trinajstić information content (AvgIpc) is 3.10. The van der Waals surface area contributed by atoms with Crippen molar-refractivity contribution in [2.75, 3.05) is 139 Å². The van der Waals surface area contributed by atoms with E-state index < -0.39 is 55.5 Å². The van der Waals surface area contributed by atoms with Gasteiger partial charge in [-0.2, -0.15) is 8.78 Å². The standard InChI is InChI=1S/C32H53F5O13Si/c1-51(2,3)49-25-24-48-23-22-47-21-20-46-19-18-45-17-16-44-15-14-43-13-12-42-11-10-41-9-8-40-7-6-39-5-4-26(38)50-32-30(36)28(34)27(33)29(35)31(32)37/h4-25H2,1-3H3. The molecular formula is C32H53F5O13Si. The Morgan fingerprint density at radius 2 is 0.627 bits per heavy atom. The van der Waals surface area contributed by atoms with Crippen molar-refractivity contribution < 1.29 is 83.3 Å². The van der Waals surface area contributed by atoms with Crippen LogP contribution in [0, 0.1) is 29.1 Å². The Morgan fingerprint density at radius 1 is 0.392 bits per heavy atom. The molecule has 0 aliphatic rings. The highest BCUT2D eigenvalue weighted by Gasteiger charge is 2.28. The molecule has 0 N–H and O–H groups in total. The molecule has 1 aromatic rings.